The van der Waals surface area contributed by atoms with Crippen molar-refractivity contribution in [3.05, 3.63) is 34.4 Å². The molecular weight excluding hydrogens is 188 g/mol. The summed E-state index contributed by atoms with van der Waals surface area (Å²) in [5.74, 6) is -0.140. The number of benzene rings is 1. The number of carbonyl (C=O) groups excluding carboxylic acids is 1. The maximum absolute atomic E-state index is 11.3. The number of aryl methyl sites for hydroxylation is 2. The minimum Gasteiger partial charge on any atom is -0.469 e. The van der Waals surface area contributed by atoms with E-state index in [2.05, 4.69) is 19.1 Å². The van der Waals surface area contributed by atoms with Crippen molar-refractivity contribution in [3.63, 3.8) is 0 Å². The minimum absolute atomic E-state index is 0.140. The Morgan fingerprint density at radius 1 is 1.40 bits per heavy atom. The van der Waals surface area contributed by atoms with Crippen LogP contribution in [-0.4, -0.2) is 13.1 Å². The predicted octanol–water partition coefficient (Wildman–Crippen LogP) is 2.20. The quantitative estimate of drug-likeness (QED) is 0.690. The first-order chi connectivity index (χ1) is 7.22. The molecule has 0 heterocycles. The highest BCUT2D eigenvalue weighted by atomic mass is 16.5. The number of rotatable bonds is 2. The van der Waals surface area contributed by atoms with E-state index >= 15 is 0 Å². The molecular formula is C13H16O2. The fourth-order valence-corrected chi connectivity index (χ4v) is 2.32. The highest BCUT2D eigenvalue weighted by Gasteiger charge is 2.18. The van der Waals surface area contributed by atoms with Gasteiger partial charge in [0.25, 0.3) is 0 Å². The van der Waals surface area contributed by atoms with Gasteiger partial charge in [-0.15, -0.1) is 0 Å². The lowest BCUT2D eigenvalue weighted by Gasteiger charge is -2.10. The molecule has 0 aliphatic heterocycles. The van der Waals surface area contributed by atoms with E-state index in [1.165, 1.54) is 35.8 Å². The topological polar surface area (TPSA) is 26.3 Å². The highest BCUT2D eigenvalue weighted by Crippen LogP contribution is 2.28. The van der Waals surface area contributed by atoms with Crippen molar-refractivity contribution in [1.82, 2.24) is 0 Å². The van der Waals surface area contributed by atoms with E-state index in [4.69, 9.17) is 4.74 Å². The molecule has 0 aromatic heterocycles. The zero-order chi connectivity index (χ0) is 10.8. The molecule has 2 rings (SSSR count). The van der Waals surface area contributed by atoms with E-state index in [1.807, 2.05) is 0 Å². The molecule has 0 saturated carbocycles. The first-order valence-electron chi connectivity index (χ1n) is 5.39. The number of methoxy groups -OCH3 is 1. The van der Waals surface area contributed by atoms with Crippen LogP contribution in [0.25, 0.3) is 0 Å². The molecule has 1 aromatic rings. The Hall–Kier alpha value is -1.31. The van der Waals surface area contributed by atoms with Crippen molar-refractivity contribution in [2.75, 3.05) is 7.11 Å². The van der Waals surface area contributed by atoms with E-state index in [0.29, 0.717) is 6.42 Å². The molecule has 0 radical (unpaired) electrons. The monoisotopic (exact) mass is 204 g/mol. The number of esters is 1. The van der Waals surface area contributed by atoms with E-state index in [9.17, 15) is 4.79 Å². The number of fused-ring (bicyclic) bond motifs is 1. The second kappa shape index (κ2) is 4.05. The third kappa shape index (κ3) is 1.89. The van der Waals surface area contributed by atoms with Gasteiger partial charge in [0.05, 0.1) is 13.5 Å². The van der Waals surface area contributed by atoms with Crippen LogP contribution in [0.2, 0.25) is 0 Å². The molecule has 0 unspecified atom stereocenters. The van der Waals surface area contributed by atoms with Crippen molar-refractivity contribution >= 4 is 5.97 Å². The summed E-state index contributed by atoms with van der Waals surface area (Å²) < 4.78 is 4.73. The van der Waals surface area contributed by atoms with Gasteiger partial charge in [-0.25, -0.2) is 0 Å². The van der Waals surface area contributed by atoms with Crippen LogP contribution in [0, 0.1) is 6.92 Å². The second-order valence-corrected chi connectivity index (χ2v) is 4.11. The van der Waals surface area contributed by atoms with Gasteiger partial charge in [-0.2, -0.15) is 0 Å². The van der Waals surface area contributed by atoms with E-state index in [0.717, 1.165) is 12.8 Å². The van der Waals surface area contributed by atoms with Crippen LogP contribution in [-0.2, 0) is 28.8 Å². The largest absolute Gasteiger partial charge is 0.469 e. The van der Waals surface area contributed by atoms with Crippen LogP contribution >= 0.6 is 0 Å². The van der Waals surface area contributed by atoms with Gasteiger partial charge in [0.15, 0.2) is 0 Å². The highest BCUT2D eigenvalue weighted by molar-refractivity contribution is 5.73. The normalized spacial score (nSPS) is 13.7. The molecule has 1 aliphatic carbocycles. The summed E-state index contributed by atoms with van der Waals surface area (Å²) >= 11 is 0. The third-order valence-corrected chi connectivity index (χ3v) is 3.18. The molecule has 1 aromatic carbocycles. The predicted molar refractivity (Wildman–Crippen MR) is 58.9 cm³/mol. The maximum Gasteiger partial charge on any atom is 0.309 e. The first kappa shape index (κ1) is 10.2. The average Bonchev–Trinajstić information content (AvgIpc) is 2.70. The molecule has 0 fully saturated rings. The molecule has 2 nitrogen and oxygen atoms in total. The standard InChI is InChI=1S/C13H16O2/c1-9-6-7-10-4-3-5-11(10)12(9)8-13(14)15-2/h6-7H,3-5,8H2,1-2H3. The van der Waals surface area contributed by atoms with Gasteiger partial charge in [-0.3, -0.25) is 4.79 Å². The number of hydrogen-bond donors (Lipinski definition) is 0. The Kier molecular flexibility index (Phi) is 2.76. The SMILES string of the molecule is COC(=O)Cc1c(C)ccc2c1CCC2. The van der Waals surface area contributed by atoms with Crippen LogP contribution in [0.5, 0.6) is 0 Å². The summed E-state index contributed by atoms with van der Waals surface area (Å²) in [6.45, 7) is 2.07. The van der Waals surface area contributed by atoms with Gasteiger partial charge >= 0.3 is 5.97 Å². The van der Waals surface area contributed by atoms with Crippen molar-refractivity contribution in [2.45, 2.75) is 32.6 Å². The summed E-state index contributed by atoms with van der Waals surface area (Å²) in [4.78, 5) is 11.3. The van der Waals surface area contributed by atoms with E-state index in [-0.39, 0.29) is 5.97 Å². The van der Waals surface area contributed by atoms with Crippen molar-refractivity contribution in [2.24, 2.45) is 0 Å². The fourth-order valence-electron chi connectivity index (χ4n) is 2.32. The Morgan fingerprint density at radius 2 is 2.20 bits per heavy atom. The van der Waals surface area contributed by atoms with Crippen molar-refractivity contribution in [1.29, 1.82) is 0 Å². The summed E-state index contributed by atoms with van der Waals surface area (Å²) in [5, 5.41) is 0. The maximum atomic E-state index is 11.3. The summed E-state index contributed by atoms with van der Waals surface area (Å²) in [6, 6.07) is 4.31. The van der Waals surface area contributed by atoms with E-state index in [1.54, 1.807) is 0 Å². The summed E-state index contributed by atoms with van der Waals surface area (Å²) in [6.07, 6.45) is 3.91. The lowest BCUT2D eigenvalue weighted by molar-refractivity contribution is -0.139. The van der Waals surface area contributed by atoms with Crippen molar-refractivity contribution < 1.29 is 9.53 Å². The number of hydrogen-bond acceptors (Lipinski definition) is 2. The summed E-state index contributed by atoms with van der Waals surface area (Å²) in [7, 11) is 1.45. The summed E-state index contributed by atoms with van der Waals surface area (Å²) in [5.41, 5.74) is 5.21. The van der Waals surface area contributed by atoms with Gasteiger partial charge in [0, 0.05) is 0 Å². The molecule has 0 atom stereocenters. The molecule has 0 N–H and O–H groups in total. The van der Waals surface area contributed by atoms with Crippen LogP contribution < -0.4 is 0 Å². The molecule has 0 saturated heterocycles. The Morgan fingerprint density at radius 3 is 2.93 bits per heavy atom. The molecule has 15 heavy (non-hydrogen) atoms. The third-order valence-electron chi connectivity index (χ3n) is 3.18. The van der Waals surface area contributed by atoms with Gasteiger partial charge in [0.1, 0.15) is 0 Å². The van der Waals surface area contributed by atoms with Gasteiger partial charge in [-0.05, 0) is 48.4 Å². The molecule has 0 amide bonds. The Balaban J connectivity index is 2.37. The zero-order valence-corrected chi connectivity index (χ0v) is 9.30. The Labute approximate surface area is 90.3 Å². The van der Waals surface area contributed by atoms with Crippen LogP contribution in [0.3, 0.4) is 0 Å². The van der Waals surface area contributed by atoms with Crippen LogP contribution in [0.15, 0.2) is 12.1 Å². The number of carbonyl (C=O) groups is 1. The van der Waals surface area contributed by atoms with Gasteiger partial charge in [0.2, 0.25) is 0 Å². The molecule has 80 valence electrons. The van der Waals surface area contributed by atoms with E-state index < -0.39 is 0 Å². The average molecular weight is 204 g/mol. The lowest BCUT2D eigenvalue weighted by atomic mass is 9.96. The Bertz CT molecular complexity index is 394. The first-order valence-corrected chi connectivity index (χ1v) is 5.39. The second-order valence-electron chi connectivity index (χ2n) is 4.11. The lowest BCUT2D eigenvalue weighted by Crippen LogP contribution is -2.08. The fraction of sp³-hybridized carbons (Fsp3) is 0.462. The number of ether oxygens (including phenoxy) is 1. The van der Waals surface area contributed by atoms with Crippen molar-refractivity contribution in [3.8, 4) is 0 Å². The van der Waals surface area contributed by atoms with Gasteiger partial charge < -0.3 is 4.74 Å². The minimum atomic E-state index is -0.140. The van der Waals surface area contributed by atoms with Crippen LogP contribution in [0.4, 0.5) is 0 Å². The molecule has 0 bridgehead atoms. The smallest absolute Gasteiger partial charge is 0.309 e. The molecule has 2 heteroatoms. The zero-order valence-electron chi connectivity index (χ0n) is 9.30. The molecule has 1 aliphatic rings. The van der Waals surface area contributed by atoms with Gasteiger partial charge in [-0.1, -0.05) is 12.1 Å². The van der Waals surface area contributed by atoms with Crippen LogP contribution in [0.1, 0.15) is 28.7 Å². The molecule has 0 spiro atoms.